The number of hydrogen-bond donors (Lipinski definition) is 1. The Morgan fingerprint density at radius 2 is 2.31 bits per heavy atom. The molecule has 2 rings (SSSR count). The molecular weight excluding hydrogens is 204 g/mol. The van der Waals surface area contributed by atoms with Gasteiger partial charge in [-0.2, -0.15) is 5.26 Å². The Morgan fingerprint density at radius 3 is 2.88 bits per heavy atom. The van der Waals surface area contributed by atoms with Crippen LogP contribution in [0.5, 0.6) is 0 Å². The molecule has 2 aromatic heterocycles. The smallest absolute Gasteiger partial charge is 0.252 e. The topological polar surface area (TPSA) is 79.4 Å². The first-order valence-electron chi connectivity index (χ1n) is 4.74. The maximum atomic E-state index is 8.58. The largest absolute Gasteiger partial charge is 0.373 e. The first kappa shape index (κ1) is 10.1. The molecule has 6 heteroatoms. The van der Waals surface area contributed by atoms with Crippen molar-refractivity contribution in [3.63, 3.8) is 0 Å². The van der Waals surface area contributed by atoms with E-state index in [-0.39, 0.29) is 5.82 Å². The predicted octanol–water partition coefficient (Wildman–Crippen LogP) is 0.635. The third kappa shape index (κ3) is 2.15. The van der Waals surface area contributed by atoms with E-state index in [9.17, 15) is 0 Å². The van der Waals surface area contributed by atoms with E-state index in [1.54, 1.807) is 10.9 Å². The summed E-state index contributed by atoms with van der Waals surface area (Å²) in [4.78, 5) is 8.01. The highest BCUT2D eigenvalue weighted by molar-refractivity contribution is 5.34. The number of nitrogens with one attached hydrogen (secondary N) is 1. The van der Waals surface area contributed by atoms with Crippen molar-refractivity contribution in [1.29, 1.82) is 5.26 Å². The average molecular weight is 214 g/mol. The Kier molecular flexibility index (Phi) is 2.78. The van der Waals surface area contributed by atoms with Crippen molar-refractivity contribution in [2.24, 2.45) is 0 Å². The maximum absolute atomic E-state index is 8.58. The van der Waals surface area contributed by atoms with E-state index >= 15 is 0 Å². The number of hydrogen-bond acceptors (Lipinski definition) is 5. The second-order valence-electron chi connectivity index (χ2n) is 3.18. The van der Waals surface area contributed by atoms with Crippen molar-refractivity contribution < 1.29 is 0 Å². The van der Waals surface area contributed by atoms with Crippen LogP contribution in [0.4, 0.5) is 5.82 Å². The monoisotopic (exact) mass is 214 g/mol. The van der Waals surface area contributed by atoms with E-state index in [1.807, 2.05) is 25.2 Å². The Hall–Kier alpha value is -2.42. The molecule has 1 N–H and O–H groups in total. The first-order valence-corrected chi connectivity index (χ1v) is 4.74. The van der Waals surface area contributed by atoms with Gasteiger partial charge >= 0.3 is 0 Å². The number of rotatable bonds is 3. The standard InChI is InChI=1S/C10H10N6/c1-12-9-3-2-8(5-13-9)6-16-7-14-10(4-11)15-16/h2-3,5,7H,6H2,1H3,(H,12,13). The van der Waals surface area contributed by atoms with Gasteiger partial charge in [0.05, 0.1) is 6.54 Å². The molecule has 16 heavy (non-hydrogen) atoms. The molecule has 6 nitrogen and oxygen atoms in total. The van der Waals surface area contributed by atoms with Gasteiger partial charge in [-0.3, -0.25) is 0 Å². The molecule has 0 unspecified atom stereocenters. The number of pyridine rings is 1. The molecule has 0 aromatic carbocycles. The lowest BCUT2D eigenvalue weighted by Crippen LogP contribution is -2.01. The fraction of sp³-hybridized carbons (Fsp3) is 0.200. The normalized spacial score (nSPS) is 9.75. The lowest BCUT2D eigenvalue weighted by molar-refractivity contribution is 0.680. The van der Waals surface area contributed by atoms with Crippen molar-refractivity contribution in [3.8, 4) is 6.07 Å². The van der Waals surface area contributed by atoms with E-state index < -0.39 is 0 Å². The van der Waals surface area contributed by atoms with Gasteiger partial charge in [0.1, 0.15) is 18.2 Å². The molecule has 0 aliphatic carbocycles. The van der Waals surface area contributed by atoms with Gasteiger partial charge in [0, 0.05) is 13.2 Å². The van der Waals surface area contributed by atoms with E-state index in [1.165, 1.54) is 6.33 Å². The van der Waals surface area contributed by atoms with Crippen LogP contribution in [-0.4, -0.2) is 26.8 Å². The summed E-state index contributed by atoms with van der Waals surface area (Å²) in [5.74, 6) is 1.000. The van der Waals surface area contributed by atoms with Crippen LogP contribution in [0.25, 0.3) is 0 Å². The van der Waals surface area contributed by atoms with E-state index in [0.29, 0.717) is 6.54 Å². The van der Waals surface area contributed by atoms with Gasteiger partial charge in [-0.05, 0) is 11.6 Å². The number of anilines is 1. The third-order valence-electron chi connectivity index (χ3n) is 2.06. The molecule has 0 bridgehead atoms. The molecular formula is C10H10N6. The molecule has 0 spiro atoms. The van der Waals surface area contributed by atoms with Gasteiger partial charge in [0.25, 0.3) is 5.82 Å². The molecule has 80 valence electrons. The maximum Gasteiger partial charge on any atom is 0.252 e. The van der Waals surface area contributed by atoms with Crippen LogP contribution < -0.4 is 5.32 Å². The molecule has 0 radical (unpaired) electrons. The van der Waals surface area contributed by atoms with Gasteiger partial charge < -0.3 is 5.32 Å². The van der Waals surface area contributed by atoms with Gasteiger partial charge in [-0.15, -0.1) is 5.10 Å². The zero-order valence-corrected chi connectivity index (χ0v) is 8.75. The van der Waals surface area contributed by atoms with Crippen LogP contribution in [0.15, 0.2) is 24.7 Å². The van der Waals surface area contributed by atoms with Crippen molar-refractivity contribution in [1.82, 2.24) is 19.7 Å². The van der Waals surface area contributed by atoms with Crippen molar-refractivity contribution >= 4 is 5.82 Å². The highest BCUT2D eigenvalue weighted by atomic mass is 15.3. The zero-order valence-electron chi connectivity index (χ0n) is 8.75. The lowest BCUT2D eigenvalue weighted by atomic mass is 10.3. The van der Waals surface area contributed by atoms with E-state index in [2.05, 4.69) is 20.4 Å². The number of nitriles is 1. The van der Waals surface area contributed by atoms with Crippen molar-refractivity contribution in [2.45, 2.75) is 6.54 Å². The van der Waals surface area contributed by atoms with Crippen LogP contribution in [0.3, 0.4) is 0 Å². The summed E-state index contributed by atoms with van der Waals surface area (Å²) in [7, 11) is 1.82. The molecule has 2 heterocycles. The highest BCUT2D eigenvalue weighted by Gasteiger charge is 2.00. The highest BCUT2D eigenvalue weighted by Crippen LogP contribution is 2.05. The molecule has 0 saturated heterocycles. The summed E-state index contributed by atoms with van der Waals surface area (Å²) in [5.41, 5.74) is 1.01. The second kappa shape index (κ2) is 4.40. The van der Waals surface area contributed by atoms with Crippen LogP contribution in [0.1, 0.15) is 11.4 Å². The fourth-order valence-corrected chi connectivity index (χ4v) is 1.28. The summed E-state index contributed by atoms with van der Waals surface area (Å²) >= 11 is 0. The summed E-state index contributed by atoms with van der Waals surface area (Å²) in [5, 5.41) is 15.5. The summed E-state index contributed by atoms with van der Waals surface area (Å²) in [6, 6.07) is 5.72. The predicted molar refractivity (Wildman–Crippen MR) is 57.6 cm³/mol. The minimum Gasteiger partial charge on any atom is -0.373 e. The van der Waals surface area contributed by atoms with E-state index in [0.717, 1.165) is 11.4 Å². The quantitative estimate of drug-likeness (QED) is 0.810. The fourth-order valence-electron chi connectivity index (χ4n) is 1.28. The molecule has 0 saturated carbocycles. The van der Waals surface area contributed by atoms with Gasteiger partial charge in [-0.1, -0.05) is 6.07 Å². The Bertz CT molecular complexity index is 507. The SMILES string of the molecule is CNc1ccc(Cn2cnc(C#N)n2)cn1. The van der Waals surface area contributed by atoms with Gasteiger partial charge in [0.15, 0.2) is 0 Å². The molecule has 0 atom stereocenters. The van der Waals surface area contributed by atoms with Crippen LogP contribution in [0, 0.1) is 11.3 Å². The summed E-state index contributed by atoms with van der Waals surface area (Å²) in [6.45, 7) is 0.561. The molecule has 2 aromatic rings. The zero-order chi connectivity index (χ0) is 11.4. The first-order chi connectivity index (χ1) is 7.81. The molecule has 0 amide bonds. The van der Waals surface area contributed by atoms with Crippen LogP contribution >= 0.6 is 0 Å². The minimum atomic E-state index is 0.180. The van der Waals surface area contributed by atoms with Gasteiger partial charge in [-0.25, -0.2) is 14.6 Å². The summed E-state index contributed by atoms with van der Waals surface area (Å²) in [6.07, 6.45) is 3.30. The molecule has 0 fully saturated rings. The van der Waals surface area contributed by atoms with Crippen LogP contribution in [0.2, 0.25) is 0 Å². The molecule has 0 aliphatic heterocycles. The molecule has 0 aliphatic rings. The Balaban J connectivity index is 2.11. The number of aromatic nitrogens is 4. The average Bonchev–Trinajstić information content (AvgIpc) is 2.78. The van der Waals surface area contributed by atoms with Crippen molar-refractivity contribution in [2.75, 3.05) is 12.4 Å². The lowest BCUT2D eigenvalue weighted by Gasteiger charge is -2.02. The summed E-state index contributed by atoms with van der Waals surface area (Å²) < 4.78 is 1.61. The van der Waals surface area contributed by atoms with E-state index in [4.69, 9.17) is 5.26 Å². The van der Waals surface area contributed by atoms with Crippen molar-refractivity contribution in [3.05, 3.63) is 36.0 Å². The minimum absolute atomic E-state index is 0.180. The Morgan fingerprint density at radius 1 is 1.44 bits per heavy atom. The number of nitrogens with zero attached hydrogens (tertiary/aromatic N) is 5. The van der Waals surface area contributed by atoms with Gasteiger partial charge in [0.2, 0.25) is 0 Å². The second-order valence-corrected chi connectivity index (χ2v) is 3.18. The third-order valence-corrected chi connectivity index (χ3v) is 2.06. The van der Waals surface area contributed by atoms with Crippen LogP contribution in [-0.2, 0) is 6.54 Å². The Labute approximate surface area is 92.6 Å².